The predicted octanol–water partition coefficient (Wildman–Crippen LogP) is 5.06. The van der Waals surface area contributed by atoms with E-state index >= 15 is 0 Å². The number of aromatic nitrogens is 1. The van der Waals surface area contributed by atoms with Gasteiger partial charge >= 0.3 is 0 Å². The van der Waals surface area contributed by atoms with Gasteiger partial charge in [-0.1, -0.05) is 35.9 Å². The summed E-state index contributed by atoms with van der Waals surface area (Å²) in [6.07, 6.45) is 0. The normalized spacial score (nSPS) is 11.5. The zero-order valence-corrected chi connectivity index (χ0v) is 19.7. The predicted molar refractivity (Wildman–Crippen MR) is 131 cm³/mol. The number of rotatable bonds is 8. The highest BCUT2D eigenvalue weighted by Crippen LogP contribution is 2.26. The van der Waals surface area contributed by atoms with Gasteiger partial charge in [-0.25, -0.2) is 4.98 Å². The first-order valence-electron chi connectivity index (χ1n) is 10.6. The number of aryl methyl sites for hydroxylation is 1. The molecule has 0 radical (unpaired) electrons. The standard InChI is InChI=1S/C26H26N2O4S/c1-19-4-12-24(13-5-19)33(29,30)32-17-16-31-26-15-9-22-18-21(8-14-25(22)27-26)20-6-10-23(11-7-20)28(2)3/h4-15,18H,16-17H2,1-3H3. The third-order valence-electron chi connectivity index (χ3n) is 5.26. The van der Waals surface area contributed by atoms with Crippen LogP contribution in [0.15, 0.2) is 83.8 Å². The molecule has 0 aliphatic heterocycles. The van der Waals surface area contributed by atoms with Crippen LogP contribution in [0.5, 0.6) is 5.88 Å². The SMILES string of the molecule is Cc1ccc(S(=O)(=O)OCCOc2ccc3cc(-c4ccc(N(C)C)cc4)ccc3n2)cc1. The highest BCUT2D eigenvalue weighted by molar-refractivity contribution is 7.86. The van der Waals surface area contributed by atoms with E-state index in [9.17, 15) is 8.42 Å². The van der Waals surface area contributed by atoms with Gasteiger partial charge in [0, 0.05) is 31.2 Å². The number of ether oxygens (including phenoxy) is 1. The first kappa shape index (κ1) is 22.8. The van der Waals surface area contributed by atoms with Crippen molar-refractivity contribution in [1.82, 2.24) is 4.98 Å². The molecule has 0 aliphatic carbocycles. The Morgan fingerprint density at radius 3 is 2.21 bits per heavy atom. The van der Waals surface area contributed by atoms with E-state index in [2.05, 4.69) is 40.2 Å². The molecule has 1 heterocycles. The van der Waals surface area contributed by atoms with Gasteiger partial charge in [0.15, 0.2) is 0 Å². The van der Waals surface area contributed by atoms with Crippen molar-refractivity contribution in [1.29, 1.82) is 0 Å². The lowest BCUT2D eigenvalue weighted by molar-refractivity contribution is 0.216. The van der Waals surface area contributed by atoms with Crippen LogP contribution < -0.4 is 9.64 Å². The van der Waals surface area contributed by atoms with E-state index in [-0.39, 0.29) is 18.1 Å². The van der Waals surface area contributed by atoms with Gasteiger partial charge in [0.25, 0.3) is 10.1 Å². The third-order valence-corrected chi connectivity index (χ3v) is 6.59. The van der Waals surface area contributed by atoms with E-state index in [0.717, 1.165) is 33.3 Å². The highest BCUT2D eigenvalue weighted by atomic mass is 32.2. The summed E-state index contributed by atoms with van der Waals surface area (Å²) < 4.78 is 35.1. The molecule has 0 aliphatic rings. The summed E-state index contributed by atoms with van der Waals surface area (Å²) in [4.78, 5) is 6.71. The number of benzene rings is 3. The van der Waals surface area contributed by atoms with Crippen LogP contribution in [0.3, 0.4) is 0 Å². The van der Waals surface area contributed by atoms with Crippen LogP contribution in [-0.2, 0) is 14.3 Å². The first-order valence-corrected chi connectivity index (χ1v) is 12.0. The molecule has 6 nitrogen and oxygen atoms in total. The quantitative estimate of drug-likeness (QED) is 0.269. The minimum absolute atomic E-state index is 0.0694. The van der Waals surface area contributed by atoms with Gasteiger partial charge in [0.1, 0.15) is 13.2 Å². The summed E-state index contributed by atoms with van der Waals surface area (Å²) >= 11 is 0. The zero-order valence-electron chi connectivity index (χ0n) is 18.9. The van der Waals surface area contributed by atoms with E-state index in [1.807, 2.05) is 39.2 Å². The molecule has 0 atom stereocenters. The van der Waals surface area contributed by atoms with Crippen LogP contribution in [0, 0.1) is 6.92 Å². The molecule has 4 rings (SSSR count). The number of fused-ring (bicyclic) bond motifs is 1. The van der Waals surface area contributed by atoms with Crippen molar-refractivity contribution in [3.8, 4) is 17.0 Å². The molecule has 0 unspecified atom stereocenters. The first-order chi connectivity index (χ1) is 15.8. The van der Waals surface area contributed by atoms with Crippen LogP contribution in [0.2, 0.25) is 0 Å². The van der Waals surface area contributed by atoms with Crippen molar-refractivity contribution in [2.45, 2.75) is 11.8 Å². The second kappa shape index (κ2) is 9.60. The maximum absolute atomic E-state index is 12.2. The molecule has 0 N–H and O–H groups in total. The molecule has 0 saturated heterocycles. The Hall–Kier alpha value is -3.42. The molecule has 4 aromatic rings. The van der Waals surface area contributed by atoms with Crippen LogP contribution in [0.25, 0.3) is 22.0 Å². The summed E-state index contributed by atoms with van der Waals surface area (Å²) in [7, 11) is 0.231. The van der Waals surface area contributed by atoms with Crippen molar-refractivity contribution in [2.75, 3.05) is 32.2 Å². The van der Waals surface area contributed by atoms with Crippen LogP contribution in [0.4, 0.5) is 5.69 Å². The topological polar surface area (TPSA) is 68.7 Å². The number of anilines is 1. The Balaban J connectivity index is 1.38. The maximum Gasteiger partial charge on any atom is 0.297 e. The Bertz CT molecular complexity index is 1350. The lowest BCUT2D eigenvalue weighted by Crippen LogP contribution is -2.13. The molecule has 0 fully saturated rings. The fraction of sp³-hybridized carbons (Fsp3) is 0.192. The minimum Gasteiger partial charge on any atom is -0.475 e. The van der Waals surface area contributed by atoms with Crippen molar-refractivity contribution in [2.24, 2.45) is 0 Å². The van der Waals surface area contributed by atoms with Crippen LogP contribution in [-0.4, -0.2) is 40.7 Å². The number of nitrogens with zero attached hydrogens (tertiary/aromatic N) is 2. The smallest absolute Gasteiger partial charge is 0.297 e. The average Bonchev–Trinajstić information content (AvgIpc) is 2.82. The second-order valence-electron chi connectivity index (χ2n) is 7.94. The van der Waals surface area contributed by atoms with Gasteiger partial charge in [-0.3, -0.25) is 4.18 Å². The lowest BCUT2D eigenvalue weighted by atomic mass is 10.0. The molecule has 0 amide bonds. The van der Waals surface area contributed by atoms with E-state index in [4.69, 9.17) is 8.92 Å². The molecule has 33 heavy (non-hydrogen) atoms. The Morgan fingerprint density at radius 2 is 1.52 bits per heavy atom. The van der Waals surface area contributed by atoms with Crippen molar-refractivity contribution in [3.05, 3.63) is 84.4 Å². The third kappa shape index (κ3) is 5.50. The monoisotopic (exact) mass is 462 g/mol. The van der Waals surface area contributed by atoms with Crippen LogP contribution >= 0.6 is 0 Å². The zero-order chi connectivity index (χ0) is 23.4. The van der Waals surface area contributed by atoms with Crippen LogP contribution in [0.1, 0.15) is 5.56 Å². The molecular formula is C26H26N2O4S. The van der Waals surface area contributed by atoms with E-state index in [0.29, 0.717) is 5.88 Å². The minimum atomic E-state index is -3.81. The fourth-order valence-electron chi connectivity index (χ4n) is 3.38. The second-order valence-corrected chi connectivity index (χ2v) is 9.55. The van der Waals surface area contributed by atoms with E-state index in [1.165, 1.54) is 12.1 Å². The van der Waals surface area contributed by atoms with Gasteiger partial charge in [0.05, 0.1) is 10.4 Å². The highest BCUT2D eigenvalue weighted by Gasteiger charge is 2.14. The van der Waals surface area contributed by atoms with Crippen molar-refractivity contribution < 1.29 is 17.3 Å². The fourth-order valence-corrected chi connectivity index (χ4v) is 4.27. The largest absolute Gasteiger partial charge is 0.475 e. The molecular weight excluding hydrogens is 436 g/mol. The molecule has 7 heteroatoms. The Morgan fingerprint density at radius 1 is 0.818 bits per heavy atom. The van der Waals surface area contributed by atoms with E-state index < -0.39 is 10.1 Å². The van der Waals surface area contributed by atoms with Gasteiger partial charge in [-0.15, -0.1) is 0 Å². The van der Waals surface area contributed by atoms with Gasteiger partial charge < -0.3 is 9.64 Å². The van der Waals surface area contributed by atoms with Crippen molar-refractivity contribution >= 4 is 26.7 Å². The van der Waals surface area contributed by atoms with Gasteiger partial charge in [-0.2, -0.15) is 8.42 Å². The molecule has 0 spiro atoms. The summed E-state index contributed by atoms with van der Waals surface area (Å²) in [5.41, 5.74) is 5.18. The molecule has 0 saturated carbocycles. The van der Waals surface area contributed by atoms with Gasteiger partial charge in [0.2, 0.25) is 5.88 Å². The maximum atomic E-state index is 12.2. The van der Waals surface area contributed by atoms with Crippen molar-refractivity contribution in [3.63, 3.8) is 0 Å². The summed E-state index contributed by atoms with van der Waals surface area (Å²) in [5.74, 6) is 0.418. The molecule has 3 aromatic carbocycles. The molecule has 170 valence electrons. The number of hydrogen-bond donors (Lipinski definition) is 0. The summed E-state index contributed by atoms with van der Waals surface area (Å²) in [6, 6.07) is 24.7. The lowest BCUT2D eigenvalue weighted by Gasteiger charge is -2.13. The van der Waals surface area contributed by atoms with Gasteiger partial charge in [-0.05, 0) is 60.5 Å². The summed E-state index contributed by atoms with van der Waals surface area (Å²) in [6.45, 7) is 1.86. The average molecular weight is 463 g/mol. The van der Waals surface area contributed by atoms with E-state index in [1.54, 1.807) is 18.2 Å². The number of pyridine rings is 1. The Labute approximate surface area is 194 Å². The molecule has 0 bridgehead atoms. The molecule has 1 aromatic heterocycles. The Kier molecular flexibility index (Phi) is 6.62. The number of hydrogen-bond acceptors (Lipinski definition) is 6. The summed E-state index contributed by atoms with van der Waals surface area (Å²) in [5, 5.41) is 0.995.